The predicted molar refractivity (Wildman–Crippen MR) is 132 cm³/mol. The van der Waals surface area contributed by atoms with Gasteiger partial charge in [0.05, 0.1) is 13.7 Å². The smallest absolute Gasteiger partial charge is 0.364 e. The molecule has 35 heavy (non-hydrogen) atoms. The number of ketones is 1. The number of methoxy groups -OCH3 is 1. The van der Waals surface area contributed by atoms with Crippen LogP contribution in [-0.4, -0.2) is 45.5 Å². The summed E-state index contributed by atoms with van der Waals surface area (Å²) in [6.07, 6.45) is -1.05. The first kappa shape index (κ1) is 23.8. The molecule has 3 aromatic carbocycles. The van der Waals surface area contributed by atoms with Crippen LogP contribution in [0.15, 0.2) is 83.7 Å². The van der Waals surface area contributed by atoms with Gasteiger partial charge >= 0.3 is 5.69 Å². The zero-order valence-corrected chi connectivity index (χ0v) is 19.4. The lowest BCUT2D eigenvalue weighted by molar-refractivity contribution is 0.0861. The van der Waals surface area contributed by atoms with Crippen LogP contribution in [0.3, 0.4) is 0 Å². The van der Waals surface area contributed by atoms with E-state index in [1.807, 2.05) is 60.7 Å². The van der Waals surface area contributed by atoms with Crippen LogP contribution in [0.1, 0.15) is 17.3 Å². The largest absolute Gasteiger partial charge is 0.493 e. The Morgan fingerprint density at radius 1 is 0.943 bits per heavy atom. The van der Waals surface area contributed by atoms with E-state index in [1.165, 1.54) is 14.0 Å². The normalized spacial score (nSPS) is 11.6. The van der Waals surface area contributed by atoms with Gasteiger partial charge in [0.15, 0.2) is 17.3 Å². The number of aromatic nitrogens is 3. The molecule has 0 fully saturated rings. The SMILES string of the molecule is COc1cc(C(C)=O)ccc1OCC(O)Cn1nc(-c2ccccc2)c(-c2ccccc2)nc1=O. The topological polar surface area (TPSA) is 104 Å². The predicted octanol–water partition coefficient (Wildman–Crippen LogP) is 3.62. The number of aliphatic hydroxyl groups excluding tert-OH is 1. The van der Waals surface area contributed by atoms with Gasteiger partial charge in [0, 0.05) is 16.7 Å². The maximum Gasteiger partial charge on any atom is 0.364 e. The molecular formula is C27H25N3O5. The molecule has 1 atom stereocenters. The van der Waals surface area contributed by atoms with Crippen molar-refractivity contribution in [1.82, 2.24) is 14.8 Å². The summed E-state index contributed by atoms with van der Waals surface area (Å²) >= 11 is 0. The minimum absolute atomic E-state index is 0.0963. The summed E-state index contributed by atoms with van der Waals surface area (Å²) in [5.74, 6) is 0.654. The number of rotatable bonds is 9. The molecule has 0 spiro atoms. The molecule has 1 unspecified atom stereocenters. The minimum Gasteiger partial charge on any atom is -0.493 e. The molecule has 178 valence electrons. The Bertz CT molecular complexity index is 1370. The van der Waals surface area contributed by atoms with Crippen LogP contribution < -0.4 is 15.2 Å². The summed E-state index contributed by atoms with van der Waals surface area (Å²) in [5.41, 5.74) is 2.49. The van der Waals surface area contributed by atoms with Crippen LogP contribution >= 0.6 is 0 Å². The van der Waals surface area contributed by atoms with Crippen molar-refractivity contribution in [2.75, 3.05) is 13.7 Å². The van der Waals surface area contributed by atoms with E-state index in [2.05, 4.69) is 10.1 Å². The molecule has 1 aromatic heterocycles. The summed E-state index contributed by atoms with van der Waals surface area (Å²) < 4.78 is 12.1. The second kappa shape index (κ2) is 10.8. The molecule has 0 radical (unpaired) electrons. The highest BCUT2D eigenvalue weighted by molar-refractivity contribution is 5.94. The number of nitrogens with zero attached hydrogens (tertiary/aromatic N) is 3. The van der Waals surface area contributed by atoms with E-state index in [-0.39, 0.29) is 18.9 Å². The fraction of sp³-hybridized carbons (Fsp3) is 0.185. The Hall–Kier alpha value is -4.30. The Labute approximate surface area is 202 Å². The van der Waals surface area contributed by atoms with Gasteiger partial charge in [-0.2, -0.15) is 10.1 Å². The lowest BCUT2D eigenvalue weighted by Gasteiger charge is -2.16. The first-order chi connectivity index (χ1) is 17.0. The van der Waals surface area contributed by atoms with E-state index in [1.54, 1.807) is 18.2 Å². The van der Waals surface area contributed by atoms with Gasteiger partial charge in [-0.05, 0) is 25.1 Å². The highest BCUT2D eigenvalue weighted by atomic mass is 16.5. The number of hydrogen-bond donors (Lipinski definition) is 1. The number of aliphatic hydroxyl groups is 1. The number of carbonyl (C=O) groups excluding carboxylic acids is 1. The van der Waals surface area contributed by atoms with Crippen molar-refractivity contribution in [2.24, 2.45) is 0 Å². The highest BCUT2D eigenvalue weighted by Crippen LogP contribution is 2.29. The second-order valence-electron chi connectivity index (χ2n) is 7.89. The Morgan fingerprint density at radius 2 is 1.57 bits per heavy atom. The van der Waals surface area contributed by atoms with Gasteiger partial charge in [-0.25, -0.2) is 9.48 Å². The molecule has 0 amide bonds. The third-order valence-electron chi connectivity index (χ3n) is 5.35. The van der Waals surface area contributed by atoms with Crippen LogP contribution in [0, 0.1) is 0 Å². The number of benzene rings is 3. The van der Waals surface area contributed by atoms with E-state index in [0.29, 0.717) is 28.5 Å². The molecule has 4 aromatic rings. The molecule has 0 saturated carbocycles. The molecule has 8 heteroatoms. The average molecular weight is 472 g/mol. The van der Waals surface area contributed by atoms with Crippen molar-refractivity contribution >= 4 is 5.78 Å². The molecule has 0 bridgehead atoms. The van der Waals surface area contributed by atoms with Crippen molar-refractivity contribution in [2.45, 2.75) is 19.6 Å². The minimum atomic E-state index is -1.05. The lowest BCUT2D eigenvalue weighted by Crippen LogP contribution is -2.34. The quantitative estimate of drug-likeness (QED) is 0.372. The van der Waals surface area contributed by atoms with E-state index in [4.69, 9.17) is 9.47 Å². The summed E-state index contributed by atoms with van der Waals surface area (Å²) in [5, 5.41) is 15.1. The maximum atomic E-state index is 12.8. The molecule has 0 aliphatic heterocycles. The lowest BCUT2D eigenvalue weighted by atomic mass is 10.0. The van der Waals surface area contributed by atoms with E-state index in [0.717, 1.165) is 15.8 Å². The first-order valence-corrected chi connectivity index (χ1v) is 11.1. The average Bonchev–Trinajstić information content (AvgIpc) is 2.89. The zero-order chi connectivity index (χ0) is 24.8. The van der Waals surface area contributed by atoms with Crippen LogP contribution in [0.4, 0.5) is 0 Å². The highest BCUT2D eigenvalue weighted by Gasteiger charge is 2.17. The molecule has 0 aliphatic rings. The number of Topliss-reactive ketones (excluding diaryl/α,β-unsaturated/α-hetero) is 1. The van der Waals surface area contributed by atoms with Gasteiger partial charge in [-0.3, -0.25) is 4.79 Å². The van der Waals surface area contributed by atoms with Gasteiger partial charge in [0.1, 0.15) is 24.1 Å². The first-order valence-electron chi connectivity index (χ1n) is 11.1. The molecule has 1 heterocycles. The fourth-order valence-corrected chi connectivity index (χ4v) is 3.57. The molecule has 4 rings (SSSR count). The van der Waals surface area contributed by atoms with E-state index in [9.17, 15) is 14.7 Å². The number of ether oxygens (including phenoxy) is 2. The molecule has 8 nitrogen and oxygen atoms in total. The van der Waals surface area contributed by atoms with Crippen LogP contribution in [0.2, 0.25) is 0 Å². The summed E-state index contributed by atoms with van der Waals surface area (Å²) in [6, 6.07) is 23.6. The molecule has 1 N–H and O–H groups in total. The standard InChI is InChI=1S/C27H25N3O5/c1-18(31)21-13-14-23(24(15-21)34-2)35-17-22(32)16-30-27(33)28-25(19-9-5-3-6-10-19)26(29-30)20-11-7-4-8-12-20/h3-15,22,32H,16-17H2,1-2H3. The molecular weight excluding hydrogens is 446 g/mol. The van der Waals surface area contributed by atoms with Gasteiger partial charge < -0.3 is 14.6 Å². The number of hydrogen-bond acceptors (Lipinski definition) is 7. The van der Waals surface area contributed by atoms with E-state index >= 15 is 0 Å². The monoisotopic (exact) mass is 471 g/mol. The van der Waals surface area contributed by atoms with Crippen molar-refractivity contribution in [3.8, 4) is 34.0 Å². The fourth-order valence-electron chi connectivity index (χ4n) is 3.57. The third-order valence-corrected chi connectivity index (χ3v) is 5.35. The van der Waals surface area contributed by atoms with Crippen molar-refractivity contribution in [3.05, 3.63) is 94.9 Å². The van der Waals surface area contributed by atoms with Crippen molar-refractivity contribution < 1.29 is 19.4 Å². The van der Waals surface area contributed by atoms with Crippen LogP contribution in [-0.2, 0) is 6.54 Å². The third kappa shape index (κ3) is 5.62. The second-order valence-corrected chi connectivity index (χ2v) is 7.89. The zero-order valence-electron chi connectivity index (χ0n) is 19.4. The summed E-state index contributed by atoms with van der Waals surface area (Å²) in [6.45, 7) is 1.23. The molecule has 0 saturated heterocycles. The number of carbonyl (C=O) groups is 1. The van der Waals surface area contributed by atoms with Gasteiger partial charge in [0.25, 0.3) is 0 Å². The van der Waals surface area contributed by atoms with Gasteiger partial charge in [-0.1, -0.05) is 60.7 Å². The summed E-state index contributed by atoms with van der Waals surface area (Å²) in [4.78, 5) is 28.7. The Balaban J connectivity index is 1.58. The van der Waals surface area contributed by atoms with Crippen molar-refractivity contribution in [3.63, 3.8) is 0 Å². The van der Waals surface area contributed by atoms with Gasteiger partial charge in [0.2, 0.25) is 0 Å². The van der Waals surface area contributed by atoms with Crippen LogP contribution in [0.25, 0.3) is 22.5 Å². The van der Waals surface area contributed by atoms with E-state index < -0.39 is 11.8 Å². The van der Waals surface area contributed by atoms with Crippen molar-refractivity contribution in [1.29, 1.82) is 0 Å². The Kier molecular flexibility index (Phi) is 7.32. The van der Waals surface area contributed by atoms with Crippen LogP contribution in [0.5, 0.6) is 11.5 Å². The molecule has 0 aliphatic carbocycles. The maximum absolute atomic E-state index is 12.8. The van der Waals surface area contributed by atoms with Gasteiger partial charge in [-0.15, -0.1) is 0 Å². The Morgan fingerprint density at radius 3 is 2.17 bits per heavy atom. The summed E-state index contributed by atoms with van der Waals surface area (Å²) in [7, 11) is 1.47.